The van der Waals surface area contributed by atoms with Gasteiger partial charge in [-0.15, -0.1) is 0 Å². The summed E-state index contributed by atoms with van der Waals surface area (Å²) in [5.74, 6) is 0. The minimum Gasteiger partial charge on any atom is -0.198 e. The highest BCUT2D eigenvalue weighted by Crippen LogP contribution is 2.22. The molecule has 0 unspecified atom stereocenters. The van der Waals surface area contributed by atoms with Gasteiger partial charge in [0, 0.05) is 0 Å². The molecule has 0 aromatic heterocycles. The molecular weight excluding hydrogens is 178 g/mol. The van der Waals surface area contributed by atoms with Gasteiger partial charge < -0.3 is 0 Å². The van der Waals surface area contributed by atoms with Crippen molar-refractivity contribution < 1.29 is 8.42 Å². The topological polar surface area (TPSA) is 61.9 Å². The van der Waals surface area contributed by atoms with E-state index in [1.165, 1.54) is 12.1 Å². The van der Waals surface area contributed by atoms with E-state index in [2.05, 4.69) is 10.4 Å². The summed E-state index contributed by atoms with van der Waals surface area (Å²) in [5, 5.41) is 6.44. The van der Waals surface area contributed by atoms with Crippen molar-refractivity contribution in [2.75, 3.05) is 0 Å². The summed E-state index contributed by atoms with van der Waals surface area (Å²) in [6.45, 7) is 0. The van der Waals surface area contributed by atoms with Crippen molar-refractivity contribution >= 4 is 10.0 Å². The molecule has 0 atom stereocenters. The minimum absolute atomic E-state index is 0.204. The van der Waals surface area contributed by atoms with E-state index in [1.54, 1.807) is 18.2 Å². The lowest BCUT2D eigenvalue weighted by atomic mass is 10.4. The zero-order valence-corrected chi connectivity index (χ0v) is 6.77. The fourth-order valence-corrected chi connectivity index (χ4v) is 1.71. The van der Waals surface area contributed by atoms with Gasteiger partial charge in [-0.1, -0.05) is 18.2 Å². The standard InChI is InChI=1S/C6H5N3O2S/c10-12(11,9-7-8-9)6-4-2-1-3-5-6/h1-5H. The van der Waals surface area contributed by atoms with Gasteiger partial charge in [-0.3, -0.25) is 0 Å². The van der Waals surface area contributed by atoms with Crippen LogP contribution in [0.25, 0.3) is 0 Å². The predicted octanol–water partition coefficient (Wildman–Crippen LogP) is 0.973. The van der Waals surface area contributed by atoms with E-state index >= 15 is 0 Å². The molecule has 12 heavy (non-hydrogen) atoms. The predicted molar refractivity (Wildman–Crippen MR) is 40.3 cm³/mol. The molecule has 0 amide bonds. The van der Waals surface area contributed by atoms with Gasteiger partial charge in [0.15, 0.2) is 0 Å². The van der Waals surface area contributed by atoms with Gasteiger partial charge in [0.25, 0.3) is 0 Å². The van der Waals surface area contributed by atoms with Crippen molar-refractivity contribution in [3.05, 3.63) is 30.3 Å². The Bertz CT molecular complexity index is 406. The molecule has 5 nitrogen and oxygen atoms in total. The Morgan fingerprint density at radius 3 is 2.17 bits per heavy atom. The second kappa shape index (κ2) is 2.28. The van der Waals surface area contributed by atoms with E-state index in [9.17, 15) is 8.42 Å². The first kappa shape index (κ1) is 7.23. The van der Waals surface area contributed by atoms with Gasteiger partial charge in [-0.2, -0.15) is 8.42 Å². The fourth-order valence-electron chi connectivity index (χ4n) is 0.799. The summed E-state index contributed by atoms with van der Waals surface area (Å²) < 4.78 is 23.4. The minimum atomic E-state index is -3.47. The second-order valence-electron chi connectivity index (χ2n) is 2.22. The van der Waals surface area contributed by atoms with E-state index in [4.69, 9.17) is 0 Å². The van der Waals surface area contributed by atoms with Crippen LogP contribution in [-0.4, -0.2) is 12.9 Å². The summed E-state index contributed by atoms with van der Waals surface area (Å²) in [5.41, 5.74) is 0. The first-order valence-electron chi connectivity index (χ1n) is 3.23. The Labute approximate surface area is 69.3 Å². The number of benzene rings is 1. The molecule has 0 bridgehead atoms. The van der Waals surface area contributed by atoms with Crippen LogP contribution >= 0.6 is 0 Å². The number of hydrogen-bond donors (Lipinski definition) is 0. The van der Waals surface area contributed by atoms with E-state index in [-0.39, 0.29) is 4.90 Å². The van der Waals surface area contributed by atoms with Crippen molar-refractivity contribution in [1.29, 1.82) is 0 Å². The molecule has 0 spiro atoms. The van der Waals surface area contributed by atoms with Crippen LogP contribution < -0.4 is 0 Å². The van der Waals surface area contributed by atoms with Crippen LogP contribution in [-0.2, 0) is 10.0 Å². The lowest BCUT2D eigenvalue weighted by Gasteiger charge is -1.98. The number of hydrogen-bond acceptors (Lipinski definition) is 4. The van der Waals surface area contributed by atoms with Crippen molar-refractivity contribution in [3.63, 3.8) is 0 Å². The molecule has 1 aromatic carbocycles. The van der Waals surface area contributed by atoms with E-state index < -0.39 is 10.0 Å². The van der Waals surface area contributed by atoms with Crippen LogP contribution in [0.15, 0.2) is 45.7 Å². The lowest BCUT2D eigenvalue weighted by molar-refractivity contribution is 0.545. The zero-order valence-electron chi connectivity index (χ0n) is 5.95. The quantitative estimate of drug-likeness (QED) is 0.685. The van der Waals surface area contributed by atoms with Crippen molar-refractivity contribution in [2.24, 2.45) is 10.4 Å². The average molecular weight is 183 g/mol. The lowest BCUT2D eigenvalue weighted by Crippen LogP contribution is -2.10. The third-order valence-electron chi connectivity index (χ3n) is 1.42. The smallest absolute Gasteiger partial charge is 0.198 e. The number of sulfonamides is 1. The van der Waals surface area contributed by atoms with Gasteiger partial charge in [-0.25, -0.2) is 0 Å². The SMILES string of the molecule is O=S(=O)(c1ccccc1)N1N=N1. The Morgan fingerprint density at radius 2 is 1.67 bits per heavy atom. The summed E-state index contributed by atoms with van der Waals surface area (Å²) >= 11 is 0. The van der Waals surface area contributed by atoms with Crippen molar-refractivity contribution in [3.8, 4) is 0 Å². The van der Waals surface area contributed by atoms with Crippen molar-refractivity contribution in [1.82, 2.24) is 4.52 Å². The second-order valence-corrected chi connectivity index (χ2v) is 3.97. The first-order valence-corrected chi connectivity index (χ1v) is 4.67. The normalized spacial score (nSPS) is 14.8. The molecule has 2 rings (SSSR count). The molecule has 1 aliphatic rings. The van der Waals surface area contributed by atoms with Crippen LogP contribution in [0.2, 0.25) is 0 Å². The molecule has 0 N–H and O–H groups in total. The van der Waals surface area contributed by atoms with E-state index in [0.717, 1.165) is 0 Å². The Hall–Kier alpha value is -1.43. The molecule has 1 aliphatic heterocycles. The van der Waals surface area contributed by atoms with E-state index in [1.807, 2.05) is 0 Å². The fraction of sp³-hybridized carbons (Fsp3) is 0. The van der Waals surface area contributed by atoms with Crippen molar-refractivity contribution in [2.45, 2.75) is 4.90 Å². The van der Waals surface area contributed by atoms with Gasteiger partial charge in [-0.05, 0) is 27.1 Å². The maximum atomic E-state index is 11.3. The average Bonchev–Trinajstić information content (AvgIpc) is 2.88. The monoisotopic (exact) mass is 183 g/mol. The maximum Gasteiger partial charge on any atom is 0.301 e. The Morgan fingerprint density at radius 1 is 1.08 bits per heavy atom. The summed E-state index contributed by atoms with van der Waals surface area (Å²) in [7, 11) is -3.47. The molecule has 0 saturated carbocycles. The third kappa shape index (κ3) is 1.06. The molecule has 6 heteroatoms. The van der Waals surface area contributed by atoms with Crippen LogP contribution in [0.3, 0.4) is 0 Å². The van der Waals surface area contributed by atoms with Gasteiger partial charge in [0.1, 0.15) is 0 Å². The van der Waals surface area contributed by atoms with Crippen LogP contribution in [0, 0.1) is 0 Å². The molecular formula is C6H5N3O2S. The summed E-state index contributed by atoms with van der Waals surface area (Å²) in [4.78, 5) is 0.204. The molecule has 0 radical (unpaired) electrons. The van der Waals surface area contributed by atoms with E-state index in [0.29, 0.717) is 4.52 Å². The zero-order chi connectivity index (χ0) is 8.60. The highest BCUT2D eigenvalue weighted by molar-refractivity contribution is 7.89. The third-order valence-corrected chi connectivity index (χ3v) is 2.86. The maximum absolute atomic E-state index is 11.3. The number of nitrogens with zero attached hydrogens (tertiary/aromatic N) is 3. The van der Waals surface area contributed by atoms with Gasteiger partial charge in [0.05, 0.1) is 4.90 Å². The highest BCUT2D eigenvalue weighted by atomic mass is 32.2. The Kier molecular flexibility index (Phi) is 1.37. The summed E-state index contributed by atoms with van der Waals surface area (Å²) in [6.07, 6.45) is 0. The summed E-state index contributed by atoms with van der Waals surface area (Å²) in [6, 6.07) is 8.04. The molecule has 62 valence electrons. The first-order chi connectivity index (χ1) is 5.71. The largest absolute Gasteiger partial charge is 0.301 e. The number of rotatable bonds is 2. The van der Waals surface area contributed by atoms with Gasteiger partial charge >= 0.3 is 10.0 Å². The molecule has 1 aromatic rings. The molecule has 1 heterocycles. The molecule has 0 aliphatic carbocycles. The molecule has 0 saturated heterocycles. The molecule has 0 fully saturated rings. The van der Waals surface area contributed by atoms with Crippen LogP contribution in [0.4, 0.5) is 0 Å². The Balaban J connectivity index is 2.43. The van der Waals surface area contributed by atoms with Crippen LogP contribution in [0.5, 0.6) is 0 Å². The van der Waals surface area contributed by atoms with Gasteiger partial charge in [0.2, 0.25) is 0 Å². The highest BCUT2D eigenvalue weighted by Gasteiger charge is 2.30. The van der Waals surface area contributed by atoms with Crippen LogP contribution in [0.1, 0.15) is 0 Å².